The minimum absolute atomic E-state index is 0.105. The van der Waals surface area contributed by atoms with Gasteiger partial charge in [-0.15, -0.1) is 0 Å². The lowest BCUT2D eigenvalue weighted by atomic mass is 10.0. The number of hydrogen-bond donors (Lipinski definition) is 2. The molecule has 3 aromatic carbocycles. The van der Waals surface area contributed by atoms with Crippen LogP contribution in [0.5, 0.6) is 28.7 Å². The highest BCUT2D eigenvalue weighted by atomic mass is 16.6. The van der Waals surface area contributed by atoms with Gasteiger partial charge in [0.05, 0.1) is 32.0 Å². The molecular weight excluding hydrogens is 446 g/mol. The Labute approximate surface area is 202 Å². The second-order valence-electron chi connectivity index (χ2n) is 8.12. The number of aliphatic hydroxyl groups is 1. The molecule has 0 radical (unpaired) electrons. The van der Waals surface area contributed by atoms with Crippen molar-refractivity contribution >= 4 is 23.1 Å². The number of hydrogen-bond acceptors (Lipinski definition) is 7. The van der Waals surface area contributed by atoms with E-state index in [1.165, 1.54) is 14.2 Å². The van der Waals surface area contributed by atoms with E-state index in [9.17, 15) is 10.2 Å². The van der Waals surface area contributed by atoms with Gasteiger partial charge in [0, 0.05) is 10.9 Å². The molecule has 0 aliphatic carbocycles. The van der Waals surface area contributed by atoms with Gasteiger partial charge in [-0.25, -0.2) is 4.98 Å². The van der Waals surface area contributed by atoms with E-state index in [2.05, 4.69) is 4.98 Å². The first kappa shape index (κ1) is 22.6. The number of aromatic nitrogens is 1. The van der Waals surface area contributed by atoms with Crippen molar-refractivity contribution in [3.8, 4) is 28.7 Å². The number of benzene rings is 3. The van der Waals surface area contributed by atoms with Gasteiger partial charge < -0.3 is 29.2 Å². The van der Waals surface area contributed by atoms with E-state index < -0.39 is 12.2 Å². The zero-order valence-electron chi connectivity index (χ0n) is 19.3. The van der Waals surface area contributed by atoms with Crippen molar-refractivity contribution < 1.29 is 29.2 Å². The van der Waals surface area contributed by atoms with Crippen molar-refractivity contribution in [2.24, 2.45) is 0 Å². The van der Waals surface area contributed by atoms with E-state index in [1.54, 1.807) is 12.1 Å². The number of aromatic hydroxyl groups is 1. The van der Waals surface area contributed by atoms with Crippen LogP contribution in [0.3, 0.4) is 0 Å². The zero-order chi connectivity index (χ0) is 24.4. The van der Waals surface area contributed by atoms with Gasteiger partial charge in [-0.05, 0) is 48.0 Å². The fraction of sp³-hybridized carbons (Fsp3) is 0.179. The predicted molar refractivity (Wildman–Crippen MR) is 133 cm³/mol. The number of fused-ring (bicyclic) bond motifs is 2. The smallest absolute Gasteiger partial charge is 0.200 e. The van der Waals surface area contributed by atoms with Crippen molar-refractivity contribution in [1.82, 2.24) is 4.98 Å². The third-order valence-corrected chi connectivity index (χ3v) is 5.91. The standard InChI is InChI=1S/C28H25NO6/c1-32-24-14-19(15-25(33-2)27(24)31)28-26(16-30)34-22-12-8-17(13-23(22)35-28)7-10-20-11-9-18-5-3-4-6-21(18)29-20/h3-15,26,28,30-31H,16H2,1-2H3/b10-7+/t26-,28-/m0/s1. The van der Waals surface area contributed by atoms with Crippen molar-refractivity contribution in [3.05, 3.63) is 83.6 Å². The lowest BCUT2D eigenvalue weighted by molar-refractivity contribution is -0.0124. The van der Waals surface area contributed by atoms with Crippen molar-refractivity contribution in [3.63, 3.8) is 0 Å². The molecule has 7 nitrogen and oxygen atoms in total. The molecule has 0 unspecified atom stereocenters. The minimum atomic E-state index is -0.648. The number of pyridine rings is 1. The summed E-state index contributed by atoms with van der Waals surface area (Å²) in [7, 11) is 2.91. The van der Waals surface area contributed by atoms with Crippen LogP contribution in [0.2, 0.25) is 0 Å². The van der Waals surface area contributed by atoms with Crippen LogP contribution in [0.25, 0.3) is 23.1 Å². The highest BCUT2D eigenvalue weighted by Crippen LogP contribution is 2.44. The average molecular weight is 472 g/mol. The Hall–Kier alpha value is -4.23. The molecule has 1 aliphatic rings. The average Bonchev–Trinajstić information content (AvgIpc) is 2.91. The highest BCUT2D eigenvalue weighted by molar-refractivity contribution is 5.81. The predicted octanol–water partition coefficient (Wildman–Crippen LogP) is 5.00. The van der Waals surface area contributed by atoms with Crippen molar-refractivity contribution in [2.45, 2.75) is 12.2 Å². The fourth-order valence-electron chi connectivity index (χ4n) is 4.11. The third-order valence-electron chi connectivity index (χ3n) is 5.91. The van der Waals surface area contributed by atoms with Crippen LogP contribution in [0.15, 0.2) is 66.7 Å². The number of nitrogens with zero attached hydrogens (tertiary/aromatic N) is 1. The molecule has 4 aromatic rings. The minimum Gasteiger partial charge on any atom is -0.502 e. The monoisotopic (exact) mass is 471 g/mol. The van der Waals surface area contributed by atoms with Gasteiger partial charge in [-0.2, -0.15) is 0 Å². The molecule has 2 N–H and O–H groups in total. The maximum atomic E-state index is 10.3. The number of aliphatic hydroxyl groups excluding tert-OH is 1. The summed E-state index contributed by atoms with van der Waals surface area (Å²) in [5.41, 5.74) is 3.33. The summed E-state index contributed by atoms with van der Waals surface area (Å²) >= 11 is 0. The van der Waals surface area contributed by atoms with Crippen LogP contribution in [-0.2, 0) is 0 Å². The van der Waals surface area contributed by atoms with Gasteiger partial charge in [-0.1, -0.05) is 36.4 Å². The molecule has 1 aromatic heterocycles. The van der Waals surface area contributed by atoms with Crippen LogP contribution in [-0.4, -0.2) is 42.1 Å². The Balaban J connectivity index is 1.44. The van der Waals surface area contributed by atoms with E-state index in [0.717, 1.165) is 22.2 Å². The molecule has 35 heavy (non-hydrogen) atoms. The van der Waals surface area contributed by atoms with Gasteiger partial charge in [0.15, 0.2) is 35.2 Å². The molecule has 0 bridgehead atoms. The molecule has 2 atom stereocenters. The number of rotatable bonds is 6. The number of ether oxygens (including phenoxy) is 4. The van der Waals surface area contributed by atoms with Crippen molar-refractivity contribution in [1.29, 1.82) is 0 Å². The van der Waals surface area contributed by atoms with Gasteiger partial charge in [0.25, 0.3) is 0 Å². The SMILES string of the molecule is COc1cc([C@@H]2Oc3cc(/C=C/c4ccc5ccccc5n4)ccc3O[C@H]2CO)cc(OC)c1O. The Morgan fingerprint density at radius 2 is 1.66 bits per heavy atom. The maximum Gasteiger partial charge on any atom is 0.200 e. The first-order valence-electron chi connectivity index (χ1n) is 11.2. The maximum absolute atomic E-state index is 10.3. The summed E-state index contributed by atoms with van der Waals surface area (Å²) in [5.74, 6) is 1.46. The summed E-state index contributed by atoms with van der Waals surface area (Å²) < 4.78 is 22.9. The summed E-state index contributed by atoms with van der Waals surface area (Å²) in [6.45, 7) is -0.259. The molecule has 0 amide bonds. The van der Waals surface area contributed by atoms with E-state index >= 15 is 0 Å². The quantitative estimate of drug-likeness (QED) is 0.409. The molecule has 0 saturated heterocycles. The van der Waals surface area contributed by atoms with Crippen LogP contribution in [0, 0.1) is 0 Å². The summed E-state index contributed by atoms with van der Waals surface area (Å²) in [5, 5.41) is 21.3. The van der Waals surface area contributed by atoms with Crippen LogP contribution in [0.1, 0.15) is 22.9 Å². The van der Waals surface area contributed by atoms with Crippen molar-refractivity contribution in [2.75, 3.05) is 20.8 Å². The van der Waals surface area contributed by atoms with Gasteiger partial charge in [0.2, 0.25) is 5.75 Å². The van der Waals surface area contributed by atoms with Gasteiger partial charge >= 0.3 is 0 Å². The number of para-hydroxylation sites is 1. The van der Waals surface area contributed by atoms with Gasteiger partial charge in [0.1, 0.15) is 0 Å². The third kappa shape index (κ3) is 4.46. The van der Waals surface area contributed by atoms with E-state index in [-0.39, 0.29) is 23.9 Å². The molecule has 7 heteroatoms. The zero-order valence-corrected chi connectivity index (χ0v) is 19.3. The highest BCUT2D eigenvalue weighted by Gasteiger charge is 2.34. The molecule has 178 valence electrons. The first-order valence-corrected chi connectivity index (χ1v) is 11.2. The lowest BCUT2D eigenvalue weighted by Crippen LogP contribution is -2.36. The molecule has 0 fully saturated rings. The Morgan fingerprint density at radius 3 is 2.40 bits per heavy atom. The summed E-state index contributed by atoms with van der Waals surface area (Å²) in [6, 6.07) is 20.9. The normalized spacial score (nSPS) is 17.0. The Bertz CT molecular complexity index is 1370. The fourth-order valence-corrected chi connectivity index (χ4v) is 4.11. The Kier molecular flexibility index (Phi) is 6.16. The van der Waals surface area contributed by atoms with Crippen LogP contribution >= 0.6 is 0 Å². The van der Waals surface area contributed by atoms with Crippen LogP contribution in [0.4, 0.5) is 0 Å². The number of phenolic OH excluding ortho intramolecular Hbond substituents is 1. The van der Waals surface area contributed by atoms with E-state index in [0.29, 0.717) is 17.1 Å². The second kappa shape index (κ2) is 9.56. The Morgan fingerprint density at radius 1 is 0.886 bits per heavy atom. The number of phenols is 1. The first-order chi connectivity index (χ1) is 17.1. The molecular formula is C28H25NO6. The summed E-state index contributed by atoms with van der Waals surface area (Å²) in [4.78, 5) is 4.68. The molecule has 5 rings (SSSR count). The largest absolute Gasteiger partial charge is 0.502 e. The van der Waals surface area contributed by atoms with Gasteiger partial charge in [-0.3, -0.25) is 0 Å². The topological polar surface area (TPSA) is 90.3 Å². The van der Waals surface area contributed by atoms with E-state index in [1.807, 2.05) is 66.7 Å². The molecule has 2 heterocycles. The summed E-state index contributed by atoms with van der Waals surface area (Å²) in [6.07, 6.45) is 2.61. The molecule has 0 saturated carbocycles. The second-order valence-corrected chi connectivity index (χ2v) is 8.12. The van der Waals surface area contributed by atoms with Crippen LogP contribution < -0.4 is 18.9 Å². The lowest BCUT2D eigenvalue weighted by Gasteiger charge is -2.33. The molecule has 0 spiro atoms. The molecule has 1 aliphatic heterocycles. The van der Waals surface area contributed by atoms with E-state index in [4.69, 9.17) is 18.9 Å². The number of methoxy groups -OCH3 is 2.